The average molecular weight is 492 g/mol. The van der Waals surface area contributed by atoms with Gasteiger partial charge in [0.1, 0.15) is 12.4 Å². The van der Waals surface area contributed by atoms with Gasteiger partial charge in [0, 0.05) is 17.7 Å². The van der Waals surface area contributed by atoms with Crippen LogP contribution in [-0.2, 0) is 11.4 Å². The van der Waals surface area contributed by atoms with Gasteiger partial charge in [-0.05, 0) is 65.7 Å². The number of nitro groups is 1. The molecule has 0 aliphatic carbocycles. The zero-order valence-corrected chi connectivity index (χ0v) is 19.6. The molecule has 0 atom stereocenters. The topological polar surface area (TPSA) is 141 Å². The van der Waals surface area contributed by atoms with Crippen molar-refractivity contribution >= 4 is 23.7 Å². The summed E-state index contributed by atoms with van der Waals surface area (Å²) in [5, 5.41) is 17.1. The van der Waals surface area contributed by atoms with Crippen molar-refractivity contribution in [3.8, 4) is 17.2 Å². The number of hydrogen-bond donors (Lipinski definition) is 2. The monoisotopic (exact) mass is 492 g/mol. The number of nitrogens with zero attached hydrogens (tertiary/aromatic N) is 2. The number of ether oxygens (including phenoxy) is 3. The van der Waals surface area contributed by atoms with Gasteiger partial charge in [0.15, 0.2) is 11.5 Å². The Balaban J connectivity index is 1.42. The third-order valence-corrected chi connectivity index (χ3v) is 4.89. The van der Waals surface area contributed by atoms with E-state index in [4.69, 9.17) is 14.2 Å². The van der Waals surface area contributed by atoms with Gasteiger partial charge in [-0.3, -0.25) is 19.7 Å². The molecule has 0 saturated heterocycles. The highest BCUT2D eigenvalue weighted by molar-refractivity contribution is 5.97. The number of benzene rings is 3. The minimum Gasteiger partial charge on any atom is -0.493 e. The van der Waals surface area contributed by atoms with Crippen LogP contribution in [0.1, 0.15) is 21.5 Å². The Kier molecular flexibility index (Phi) is 8.93. The summed E-state index contributed by atoms with van der Waals surface area (Å²) >= 11 is 0. The molecule has 2 N–H and O–H groups in total. The zero-order valence-electron chi connectivity index (χ0n) is 19.6. The molecular formula is C25H24N4O7. The second kappa shape index (κ2) is 12.5. The van der Waals surface area contributed by atoms with E-state index in [1.165, 1.54) is 38.6 Å². The summed E-state index contributed by atoms with van der Waals surface area (Å²) in [6.07, 6.45) is 1.45. The third-order valence-electron chi connectivity index (χ3n) is 4.89. The molecule has 0 aromatic heterocycles. The molecule has 0 radical (unpaired) electrons. The lowest BCUT2D eigenvalue weighted by molar-refractivity contribution is -0.384. The molecule has 2 amide bonds. The first kappa shape index (κ1) is 25.7. The summed E-state index contributed by atoms with van der Waals surface area (Å²) in [6.45, 7) is -0.00352. The molecule has 0 aliphatic heterocycles. The molecular weight excluding hydrogens is 468 g/mol. The summed E-state index contributed by atoms with van der Waals surface area (Å²) in [6, 6.07) is 17.8. The fourth-order valence-electron chi connectivity index (χ4n) is 2.99. The lowest BCUT2D eigenvalue weighted by Crippen LogP contribution is -2.34. The number of amides is 2. The lowest BCUT2D eigenvalue weighted by atomic mass is 10.2. The largest absolute Gasteiger partial charge is 0.493 e. The number of methoxy groups -OCH3 is 2. The highest BCUT2D eigenvalue weighted by Crippen LogP contribution is 2.27. The second-order valence-corrected chi connectivity index (χ2v) is 7.33. The number of non-ortho nitro benzene ring substituents is 1. The van der Waals surface area contributed by atoms with Crippen LogP contribution in [0.25, 0.3) is 0 Å². The SMILES string of the molecule is COc1ccc(C(=O)NCC(=O)N/N=C\c2ccc(OCc3ccc([N+](=O)[O-])cc3)cc2)cc1OC. The number of nitrogens with one attached hydrogen (secondary N) is 2. The van der Waals surface area contributed by atoms with Crippen molar-refractivity contribution in [2.24, 2.45) is 5.10 Å². The van der Waals surface area contributed by atoms with Crippen LogP contribution in [0.3, 0.4) is 0 Å². The minimum atomic E-state index is -0.497. The summed E-state index contributed by atoms with van der Waals surface area (Å²) in [5.41, 5.74) is 4.20. The van der Waals surface area contributed by atoms with Gasteiger partial charge in [-0.2, -0.15) is 5.10 Å². The van der Waals surface area contributed by atoms with Crippen LogP contribution in [0.2, 0.25) is 0 Å². The number of nitro benzene ring substituents is 1. The van der Waals surface area contributed by atoms with Gasteiger partial charge in [0.05, 0.1) is 31.9 Å². The predicted molar refractivity (Wildman–Crippen MR) is 131 cm³/mol. The van der Waals surface area contributed by atoms with Crippen molar-refractivity contribution in [2.45, 2.75) is 6.61 Å². The van der Waals surface area contributed by atoms with E-state index in [0.29, 0.717) is 28.4 Å². The van der Waals surface area contributed by atoms with Gasteiger partial charge in [0.2, 0.25) is 0 Å². The van der Waals surface area contributed by atoms with Crippen LogP contribution < -0.4 is 25.0 Å². The molecule has 0 saturated carbocycles. The van der Waals surface area contributed by atoms with Crippen molar-refractivity contribution in [1.82, 2.24) is 10.7 Å². The fraction of sp³-hybridized carbons (Fsp3) is 0.160. The molecule has 3 aromatic carbocycles. The van der Waals surface area contributed by atoms with Gasteiger partial charge in [-0.15, -0.1) is 0 Å². The molecule has 3 rings (SSSR count). The van der Waals surface area contributed by atoms with E-state index < -0.39 is 16.7 Å². The van der Waals surface area contributed by atoms with Crippen molar-refractivity contribution in [1.29, 1.82) is 0 Å². The highest BCUT2D eigenvalue weighted by atomic mass is 16.6. The average Bonchev–Trinajstić information content (AvgIpc) is 2.91. The maximum Gasteiger partial charge on any atom is 0.269 e. The van der Waals surface area contributed by atoms with Crippen LogP contribution in [0.5, 0.6) is 17.2 Å². The number of carbonyl (C=O) groups is 2. The molecule has 11 nitrogen and oxygen atoms in total. The Bertz CT molecular complexity index is 1240. The second-order valence-electron chi connectivity index (χ2n) is 7.33. The number of hydrazone groups is 1. The molecule has 0 fully saturated rings. The quantitative estimate of drug-likeness (QED) is 0.238. The highest BCUT2D eigenvalue weighted by Gasteiger charge is 2.11. The van der Waals surface area contributed by atoms with Crippen LogP contribution in [0, 0.1) is 10.1 Å². The zero-order chi connectivity index (χ0) is 25.9. The molecule has 36 heavy (non-hydrogen) atoms. The van der Waals surface area contributed by atoms with Crippen LogP contribution in [-0.4, -0.2) is 43.7 Å². The molecule has 0 bridgehead atoms. The molecule has 0 spiro atoms. The van der Waals surface area contributed by atoms with E-state index in [2.05, 4.69) is 15.8 Å². The van der Waals surface area contributed by atoms with Gasteiger partial charge in [0.25, 0.3) is 17.5 Å². The molecule has 3 aromatic rings. The molecule has 186 valence electrons. The first-order valence-electron chi connectivity index (χ1n) is 10.7. The molecule has 0 heterocycles. The Labute approximate surface area is 206 Å². The van der Waals surface area contributed by atoms with Gasteiger partial charge < -0.3 is 19.5 Å². The Morgan fingerprint density at radius 1 is 0.972 bits per heavy atom. The van der Waals surface area contributed by atoms with Gasteiger partial charge >= 0.3 is 0 Å². The number of carbonyl (C=O) groups excluding carboxylic acids is 2. The standard InChI is InChI=1S/C25H24N4O7/c1-34-22-12-7-19(13-23(22)35-2)25(31)26-15-24(30)28-27-14-17-5-10-21(11-6-17)36-16-18-3-8-20(9-4-18)29(32)33/h3-14H,15-16H2,1-2H3,(H,26,31)(H,28,30)/b27-14-. The van der Waals surface area contributed by atoms with Gasteiger partial charge in [-0.25, -0.2) is 5.43 Å². The van der Waals surface area contributed by atoms with Crippen molar-refractivity contribution in [2.75, 3.05) is 20.8 Å². The molecule has 11 heteroatoms. The maximum absolute atomic E-state index is 12.3. The summed E-state index contributed by atoms with van der Waals surface area (Å²) in [7, 11) is 2.96. The lowest BCUT2D eigenvalue weighted by Gasteiger charge is -2.09. The normalized spacial score (nSPS) is 10.5. The first-order valence-corrected chi connectivity index (χ1v) is 10.7. The van der Waals surface area contributed by atoms with Gasteiger partial charge in [-0.1, -0.05) is 0 Å². The minimum absolute atomic E-state index is 0.0229. The van der Waals surface area contributed by atoms with Crippen molar-refractivity contribution < 1.29 is 28.7 Å². The first-order chi connectivity index (χ1) is 17.4. The summed E-state index contributed by atoms with van der Waals surface area (Å²) in [4.78, 5) is 34.5. The number of hydrogen-bond acceptors (Lipinski definition) is 8. The molecule has 0 aliphatic rings. The van der Waals surface area contributed by atoms with Crippen molar-refractivity contribution in [3.63, 3.8) is 0 Å². The van der Waals surface area contributed by atoms with E-state index in [9.17, 15) is 19.7 Å². The Morgan fingerprint density at radius 2 is 1.67 bits per heavy atom. The van der Waals surface area contributed by atoms with Crippen LogP contribution in [0.15, 0.2) is 71.8 Å². The number of rotatable bonds is 11. The maximum atomic E-state index is 12.3. The van der Waals surface area contributed by atoms with Crippen molar-refractivity contribution in [3.05, 3.63) is 93.5 Å². The predicted octanol–water partition coefficient (Wildman–Crippen LogP) is 3.07. The van der Waals surface area contributed by atoms with E-state index in [-0.39, 0.29) is 18.8 Å². The fourth-order valence-corrected chi connectivity index (χ4v) is 2.99. The smallest absolute Gasteiger partial charge is 0.269 e. The van der Waals surface area contributed by atoms with E-state index >= 15 is 0 Å². The van der Waals surface area contributed by atoms with Crippen LogP contribution >= 0.6 is 0 Å². The Morgan fingerprint density at radius 3 is 2.31 bits per heavy atom. The van der Waals surface area contributed by atoms with Crippen LogP contribution in [0.4, 0.5) is 5.69 Å². The Hall–Kier alpha value is -4.93. The summed E-state index contributed by atoms with van der Waals surface area (Å²) < 4.78 is 16.0. The van der Waals surface area contributed by atoms with E-state index in [1.54, 1.807) is 48.5 Å². The van der Waals surface area contributed by atoms with E-state index in [0.717, 1.165) is 5.56 Å². The molecule has 0 unspecified atom stereocenters. The summed E-state index contributed by atoms with van der Waals surface area (Å²) in [5.74, 6) is 0.558. The third kappa shape index (κ3) is 7.29. The van der Waals surface area contributed by atoms with E-state index in [1.807, 2.05) is 0 Å².